The zero-order valence-electron chi connectivity index (χ0n) is 9.05. The average Bonchev–Trinajstić information content (AvgIpc) is 2.48. The molecule has 5 heteroatoms. The molecule has 0 unspecified atom stereocenters. The van der Waals surface area contributed by atoms with Gasteiger partial charge in [-0.25, -0.2) is 9.34 Å². The highest BCUT2D eigenvalue weighted by Gasteiger charge is 2.38. The summed E-state index contributed by atoms with van der Waals surface area (Å²) in [5, 5.41) is 3.12. The van der Waals surface area contributed by atoms with E-state index in [1.54, 1.807) is 0 Å². The van der Waals surface area contributed by atoms with Gasteiger partial charge in [0.25, 0.3) is 0 Å². The predicted molar refractivity (Wildman–Crippen MR) is 62.9 cm³/mol. The number of anilines is 1. The molecule has 0 radical (unpaired) electrons. The van der Waals surface area contributed by atoms with Crippen LogP contribution in [0.4, 0.5) is 5.69 Å². The maximum atomic E-state index is 12.6. The van der Waals surface area contributed by atoms with Crippen LogP contribution in [0.3, 0.4) is 0 Å². The fourth-order valence-corrected chi connectivity index (χ4v) is 3.74. The van der Waals surface area contributed by atoms with Gasteiger partial charge >= 0.3 is 7.59 Å². The van der Waals surface area contributed by atoms with Crippen molar-refractivity contribution in [3.8, 4) is 0 Å². The molecule has 0 bridgehead atoms. The molecule has 1 N–H and O–H groups in total. The lowest BCUT2D eigenvalue weighted by Gasteiger charge is -2.26. The van der Waals surface area contributed by atoms with Crippen molar-refractivity contribution in [1.29, 1.82) is 0 Å². The molecule has 0 atom stereocenters. The van der Waals surface area contributed by atoms with Crippen molar-refractivity contribution in [2.75, 3.05) is 32.3 Å². The van der Waals surface area contributed by atoms with Crippen LogP contribution in [0.25, 0.3) is 0 Å². The molecule has 1 aromatic carbocycles. The molecule has 1 aliphatic rings. The second-order valence-electron chi connectivity index (χ2n) is 3.78. The fourth-order valence-electron chi connectivity index (χ4n) is 1.67. The molecule has 1 aromatic rings. The molecule has 1 saturated heterocycles. The lowest BCUT2D eigenvalue weighted by molar-refractivity contribution is 0.495. The van der Waals surface area contributed by atoms with Crippen molar-refractivity contribution in [3.05, 3.63) is 30.3 Å². The first kappa shape index (κ1) is 10.7. The molecule has 0 aliphatic carbocycles. The summed E-state index contributed by atoms with van der Waals surface area (Å²) in [5.74, 6) is 0. The third-order valence-electron chi connectivity index (χ3n) is 2.72. The van der Waals surface area contributed by atoms with E-state index in [4.69, 9.17) is 0 Å². The first-order valence-electron chi connectivity index (χ1n) is 4.99. The second kappa shape index (κ2) is 3.97. The van der Waals surface area contributed by atoms with E-state index in [2.05, 4.69) is 5.09 Å². The molecule has 4 nitrogen and oxygen atoms in total. The number of likely N-dealkylation sites (N-methyl/N-ethyl adjacent to an activating group) is 2. The zero-order valence-corrected chi connectivity index (χ0v) is 9.95. The molecular weight excluding hydrogens is 209 g/mol. The Labute approximate surface area is 90.4 Å². The highest BCUT2D eigenvalue weighted by atomic mass is 31.2. The molecule has 1 fully saturated rings. The first-order valence-corrected chi connectivity index (χ1v) is 6.61. The van der Waals surface area contributed by atoms with Crippen molar-refractivity contribution < 1.29 is 4.57 Å². The van der Waals surface area contributed by atoms with Crippen LogP contribution in [0.5, 0.6) is 0 Å². The van der Waals surface area contributed by atoms with Gasteiger partial charge in [0.1, 0.15) is 0 Å². The summed E-state index contributed by atoms with van der Waals surface area (Å²) >= 11 is 0. The Bertz CT molecular complexity index is 368. The van der Waals surface area contributed by atoms with Gasteiger partial charge in [0.05, 0.1) is 0 Å². The summed E-state index contributed by atoms with van der Waals surface area (Å²) in [5.41, 5.74) is 0.904. The number of nitrogens with one attached hydrogen (secondary N) is 1. The van der Waals surface area contributed by atoms with E-state index in [1.807, 2.05) is 53.8 Å². The standard InChI is InChI=1S/C10H16N3OP/c1-12-8-9-13(2)15(12,14)11-10-6-4-3-5-7-10/h3-7H,8-9H2,1-2H3,(H,11,14). The Balaban J connectivity index is 2.21. The largest absolute Gasteiger partial charge is 0.313 e. The lowest BCUT2D eigenvalue weighted by Crippen LogP contribution is -2.19. The lowest BCUT2D eigenvalue weighted by atomic mass is 10.3. The number of nitrogens with zero attached hydrogens (tertiary/aromatic N) is 2. The van der Waals surface area contributed by atoms with Crippen LogP contribution in [0, 0.1) is 0 Å². The summed E-state index contributed by atoms with van der Waals surface area (Å²) in [6.07, 6.45) is 0. The van der Waals surface area contributed by atoms with Gasteiger partial charge in [0.2, 0.25) is 0 Å². The van der Waals surface area contributed by atoms with Gasteiger partial charge in [-0.3, -0.25) is 4.57 Å². The Hall–Kier alpha value is -0.830. The Morgan fingerprint density at radius 2 is 1.67 bits per heavy atom. The van der Waals surface area contributed by atoms with Gasteiger partial charge < -0.3 is 5.09 Å². The average molecular weight is 225 g/mol. The van der Waals surface area contributed by atoms with E-state index < -0.39 is 7.59 Å². The highest BCUT2D eigenvalue weighted by molar-refractivity contribution is 7.60. The monoisotopic (exact) mass is 225 g/mol. The Morgan fingerprint density at radius 3 is 2.20 bits per heavy atom. The smallest absolute Gasteiger partial charge is 0.308 e. The van der Waals surface area contributed by atoms with Crippen LogP contribution in [0.15, 0.2) is 30.3 Å². The molecule has 0 amide bonds. The number of hydrogen-bond acceptors (Lipinski definition) is 1. The Morgan fingerprint density at radius 1 is 1.13 bits per heavy atom. The fraction of sp³-hybridized carbons (Fsp3) is 0.400. The van der Waals surface area contributed by atoms with Gasteiger partial charge in [-0.1, -0.05) is 18.2 Å². The van der Waals surface area contributed by atoms with Crippen molar-refractivity contribution in [2.24, 2.45) is 0 Å². The molecule has 0 aromatic heterocycles. The van der Waals surface area contributed by atoms with E-state index >= 15 is 0 Å². The second-order valence-corrected chi connectivity index (χ2v) is 6.46. The van der Waals surface area contributed by atoms with Crippen LogP contribution in [-0.2, 0) is 4.57 Å². The minimum atomic E-state index is -2.56. The van der Waals surface area contributed by atoms with Crippen LogP contribution >= 0.6 is 7.59 Å². The number of rotatable bonds is 2. The molecule has 2 rings (SSSR count). The topological polar surface area (TPSA) is 35.6 Å². The number of benzene rings is 1. The van der Waals surface area contributed by atoms with Crippen molar-refractivity contribution in [1.82, 2.24) is 9.34 Å². The molecule has 0 spiro atoms. The van der Waals surface area contributed by atoms with E-state index in [9.17, 15) is 4.57 Å². The maximum absolute atomic E-state index is 12.6. The third kappa shape index (κ3) is 1.93. The van der Waals surface area contributed by atoms with Gasteiger partial charge in [-0.2, -0.15) is 0 Å². The SMILES string of the molecule is CN1CCN(C)P1(=O)Nc1ccccc1. The molecular formula is C10H16N3OP. The molecule has 15 heavy (non-hydrogen) atoms. The minimum Gasteiger partial charge on any atom is -0.313 e. The zero-order chi connectivity index (χ0) is 10.9. The van der Waals surface area contributed by atoms with Gasteiger partial charge in [-0.05, 0) is 26.2 Å². The van der Waals surface area contributed by atoms with Crippen LogP contribution in [-0.4, -0.2) is 36.5 Å². The Kier molecular flexibility index (Phi) is 2.83. The third-order valence-corrected chi connectivity index (χ3v) is 5.52. The van der Waals surface area contributed by atoms with E-state index in [1.165, 1.54) is 0 Å². The van der Waals surface area contributed by atoms with Crippen molar-refractivity contribution >= 4 is 13.3 Å². The highest BCUT2D eigenvalue weighted by Crippen LogP contribution is 2.53. The summed E-state index contributed by atoms with van der Waals surface area (Å²) < 4.78 is 16.4. The maximum Gasteiger partial charge on any atom is 0.308 e. The summed E-state index contributed by atoms with van der Waals surface area (Å²) in [4.78, 5) is 0. The first-order chi connectivity index (χ1) is 7.13. The molecule has 0 saturated carbocycles. The number of para-hydroxylation sites is 1. The summed E-state index contributed by atoms with van der Waals surface area (Å²) in [7, 11) is 1.22. The van der Waals surface area contributed by atoms with Crippen molar-refractivity contribution in [3.63, 3.8) is 0 Å². The van der Waals surface area contributed by atoms with Gasteiger partial charge in [0, 0.05) is 18.8 Å². The van der Waals surface area contributed by atoms with Crippen molar-refractivity contribution in [2.45, 2.75) is 0 Å². The van der Waals surface area contributed by atoms with E-state index in [0.717, 1.165) is 18.8 Å². The van der Waals surface area contributed by atoms with E-state index in [0.29, 0.717) is 0 Å². The molecule has 82 valence electrons. The summed E-state index contributed by atoms with van der Waals surface area (Å²) in [6.45, 7) is 1.68. The molecule has 1 heterocycles. The normalized spacial score (nSPS) is 21.7. The number of hydrogen-bond donors (Lipinski definition) is 1. The predicted octanol–water partition coefficient (Wildman–Crippen LogP) is 2.08. The quantitative estimate of drug-likeness (QED) is 0.782. The molecule has 1 aliphatic heterocycles. The van der Waals surface area contributed by atoms with Crippen LogP contribution in [0.2, 0.25) is 0 Å². The van der Waals surface area contributed by atoms with E-state index in [-0.39, 0.29) is 0 Å². The van der Waals surface area contributed by atoms with Crippen LogP contribution < -0.4 is 5.09 Å². The summed E-state index contributed by atoms with van der Waals surface area (Å²) in [6, 6.07) is 9.68. The minimum absolute atomic E-state index is 0.841. The van der Waals surface area contributed by atoms with Crippen LogP contribution in [0.1, 0.15) is 0 Å². The van der Waals surface area contributed by atoms with Gasteiger partial charge in [-0.15, -0.1) is 0 Å². The van der Waals surface area contributed by atoms with Gasteiger partial charge in [0.15, 0.2) is 0 Å².